The molecule has 2 heterocycles. The Hall–Kier alpha value is -1.44. The lowest BCUT2D eigenvalue weighted by molar-refractivity contribution is -0.123. The molecule has 7 nitrogen and oxygen atoms in total. The van der Waals surface area contributed by atoms with Gasteiger partial charge in [0.25, 0.3) is 0 Å². The predicted molar refractivity (Wildman–Crippen MR) is 69.9 cm³/mol. The maximum absolute atomic E-state index is 12.1. The fourth-order valence-electron chi connectivity index (χ4n) is 1.97. The molecule has 1 amide bonds. The van der Waals surface area contributed by atoms with Crippen LogP contribution in [0.25, 0.3) is 0 Å². The van der Waals surface area contributed by atoms with Crippen molar-refractivity contribution < 1.29 is 14.3 Å². The average Bonchev–Trinajstić information content (AvgIpc) is 2.84. The molecule has 0 radical (unpaired) electrons. The zero-order valence-corrected chi connectivity index (χ0v) is 11.3. The van der Waals surface area contributed by atoms with Gasteiger partial charge in [-0.05, 0) is 6.92 Å². The van der Waals surface area contributed by atoms with Crippen molar-refractivity contribution in [3.8, 4) is 0 Å². The molecule has 1 saturated heterocycles. The third-order valence-corrected chi connectivity index (χ3v) is 3.02. The van der Waals surface area contributed by atoms with Gasteiger partial charge in [0.1, 0.15) is 6.04 Å². The number of amides is 1. The summed E-state index contributed by atoms with van der Waals surface area (Å²) < 4.78 is 12.1. The van der Waals surface area contributed by atoms with Crippen molar-refractivity contribution in [2.24, 2.45) is 0 Å². The number of carbonyl (C=O) groups excluding carboxylic acids is 1. The van der Waals surface area contributed by atoms with Crippen LogP contribution in [-0.2, 0) is 20.8 Å². The molecule has 106 valence electrons. The van der Waals surface area contributed by atoms with Gasteiger partial charge in [-0.25, -0.2) is 0 Å². The van der Waals surface area contributed by atoms with Crippen molar-refractivity contribution in [1.29, 1.82) is 0 Å². The minimum atomic E-state index is -0.335. The SMILES string of the molecule is COCCn1ccc(NC(=O)[C@H]2NCCO[C@@H]2C)n1. The Morgan fingerprint density at radius 2 is 2.58 bits per heavy atom. The molecule has 19 heavy (non-hydrogen) atoms. The largest absolute Gasteiger partial charge is 0.383 e. The number of rotatable bonds is 5. The van der Waals surface area contributed by atoms with Crippen LogP contribution in [0.1, 0.15) is 6.92 Å². The van der Waals surface area contributed by atoms with Gasteiger partial charge in [-0.1, -0.05) is 0 Å². The molecule has 1 aliphatic rings. The molecular formula is C12H20N4O3. The summed E-state index contributed by atoms with van der Waals surface area (Å²) in [4.78, 5) is 12.1. The Morgan fingerprint density at radius 1 is 1.74 bits per heavy atom. The molecule has 2 N–H and O–H groups in total. The molecule has 0 saturated carbocycles. The fourth-order valence-corrected chi connectivity index (χ4v) is 1.97. The minimum absolute atomic E-state index is 0.121. The van der Waals surface area contributed by atoms with Crippen LogP contribution >= 0.6 is 0 Å². The van der Waals surface area contributed by atoms with E-state index in [9.17, 15) is 4.79 Å². The molecule has 0 aliphatic carbocycles. The quantitative estimate of drug-likeness (QED) is 0.776. The lowest BCUT2D eigenvalue weighted by Crippen LogP contribution is -2.53. The number of hydrogen-bond acceptors (Lipinski definition) is 5. The lowest BCUT2D eigenvalue weighted by Gasteiger charge is -2.28. The molecule has 0 spiro atoms. The van der Waals surface area contributed by atoms with Gasteiger partial charge in [0, 0.05) is 25.9 Å². The standard InChI is InChI=1S/C12H20N4O3/c1-9-11(13-4-7-19-9)12(17)14-10-3-5-16(15-10)6-8-18-2/h3,5,9,11,13H,4,6-8H2,1-2H3,(H,14,15,17)/t9-,11+/m1/s1. The number of ether oxygens (including phenoxy) is 2. The Kier molecular flexibility index (Phi) is 4.89. The molecule has 1 fully saturated rings. The topological polar surface area (TPSA) is 77.4 Å². The van der Waals surface area contributed by atoms with E-state index >= 15 is 0 Å². The van der Waals surface area contributed by atoms with Crippen LogP contribution in [0.5, 0.6) is 0 Å². The van der Waals surface area contributed by atoms with Gasteiger partial charge in [-0.15, -0.1) is 0 Å². The van der Waals surface area contributed by atoms with Crippen molar-refractivity contribution in [2.45, 2.75) is 25.6 Å². The monoisotopic (exact) mass is 268 g/mol. The fraction of sp³-hybridized carbons (Fsp3) is 0.667. The van der Waals surface area contributed by atoms with E-state index < -0.39 is 0 Å². The van der Waals surface area contributed by atoms with Gasteiger partial charge in [0.2, 0.25) is 5.91 Å². The molecule has 2 atom stereocenters. The Bertz CT molecular complexity index is 421. The van der Waals surface area contributed by atoms with Gasteiger partial charge >= 0.3 is 0 Å². The third-order valence-electron chi connectivity index (χ3n) is 3.02. The van der Waals surface area contributed by atoms with Crippen molar-refractivity contribution in [2.75, 3.05) is 32.2 Å². The first-order valence-electron chi connectivity index (χ1n) is 6.39. The lowest BCUT2D eigenvalue weighted by atomic mass is 10.1. The van der Waals surface area contributed by atoms with Gasteiger partial charge in [0.05, 0.1) is 25.9 Å². The molecule has 7 heteroatoms. The maximum atomic E-state index is 12.1. The molecule has 1 aromatic rings. The summed E-state index contributed by atoms with van der Waals surface area (Å²) >= 11 is 0. The van der Waals surface area contributed by atoms with E-state index in [2.05, 4.69) is 15.7 Å². The summed E-state index contributed by atoms with van der Waals surface area (Å²) in [5.41, 5.74) is 0. The molecule has 1 aromatic heterocycles. The number of hydrogen-bond donors (Lipinski definition) is 2. The second-order valence-corrected chi connectivity index (χ2v) is 4.45. The van der Waals surface area contributed by atoms with E-state index in [1.807, 2.05) is 13.1 Å². The highest BCUT2D eigenvalue weighted by Crippen LogP contribution is 2.08. The van der Waals surface area contributed by atoms with Crippen LogP contribution in [0.2, 0.25) is 0 Å². The van der Waals surface area contributed by atoms with Gasteiger partial charge in [-0.2, -0.15) is 5.10 Å². The second-order valence-electron chi connectivity index (χ2n) is 4.45. The summed E-state index contributed by atoms with van der Waals surface area (Å²) in [7, 11) is 1.64. The number of nitrogens with zero attached hydrogens (tertiary/aromatic N) is 2. The third kappa shape index (κ3) is 3.76. The molecule has 0 unspecified atom stereocenters. The second kappa shape index (κ2) is 6.65. The zero-order valence-electron chi connectivity index (χ0n) is 11.3. The highest BCUT2D eigenvalue weighted by Gasteiger charge is 2.28. The predicted octanol–water partition coefficient (Wildman–Crippen LogP) is -0.155. The van der Waals surface area contributed by atoms with Crippen molar-refractivity contribution in [3.63, 3.8) is 0 Å². The van der Waals surface area contributed by atoms with Crippen LogP contribution in [0, 0.1) is 0 Å². The summed E-state index contributed by atoms with van der Waals surface area (Å²) in [6.07, 6.45) is 1.67. The van der Waals surface area contributed by atoms with Crippen LogP contribution < -0.4 is 10.6 Å². The van der Waals surface area contributed by atoms with Crippen LogP contribution in [0.4, 0.5) is 5.82 Å². The normalized spacial score (nSPS) is 23.3. The highest BCUT2D eigenvalue weighted by atomic mass is 16.5. The number of morpholine rings is 1. The van der Waals surface area contributed by atoms with Crippen LogP contribution in [0.15, 0.2) is 12.3 Å². The molecule has 2 rings (SSSR count). The first kappa shape index (κ1) is 14.0. The van der Waals surface area contributed by atoms with Crippen LogP contribution in [-0.4, -0.2) is 54.7 Å². The highest BCUT2D eigenvalue weighted by molar-refractivity contribution is 5.94. The van der Waals surface area contributed by atoms with E-state index in [1.54, 1.807) is 17.9 Å². The maximum Gasteiger partial charge on any atom is 0.245 e. The van der Waals surface area contributed by atoms with Crippen molar-refractivity contribution in [1.82, 2.24) is 15.1 Å². The number of methoxy groups -OCH3 is 1. The Labute approximate surface area is 112 Å². The molecular weight excluding hydrogens is 248 g/mol. The first-order valence-corrected chi connectivity index (χ1v) is 6.39. The Morgan fingerprint density at radius 3 is 3.32 bits per heavy atom. The van der Waals surface area contributed by atoms with E-state index in [1.165, 1.54) is 0 Å². The number of carbonyl (C=O) groups is 1. The van der Waals surface area contributed by atoms with Crippen LogP contribution in [0.3, 0.4) is 0 Å². The van der Waals surface area contributed by atoms with Gasteiger partial charge in [0.15, 0.2) is 5.82 Å². The summed E-state index contributed by atoms with van der Waals surface area (Å²) in [5, 5.41) is 10.2. The number of nitrogens with one attached hydrogen (secondary N) is 2. The molecule has 1 aliphatic heterocycles. The van der Waals surface area contributed by atoms with Gasteiger partial charge < -0.3 is 20.1 Å². The van der Waals surface area contributed by atoms with E-state index in [0.29, 0.717) is 32.1 Å². The average molecular weight is 268 g/mol. The molecule has 0 bridgehead atoms. The first-order chi connectivity index (χ1) is 9.20. The summed E-state index contributed by atoms with van der Waals surface area (Å²) in [5.74, 6) is 0.421. The number of anilines is 1. The van der Waals surface area contributed by atoms with Gasteiger partial charge in [-0.3, -0.25) is 9.48 Å². The van der Waals surface area contributed by atoms with E-state index in [0.717, 1.165) is 0 Å². The summed E-state index contributed by atoms with van der Waals surface area (Å²) in [6.45, 7) is 4.45. The smallest absolute Gasteiger partial charge is 0.245 e. The molecule has 0 aromatic carbocycles. The zero-order chi connectivity index (χ0) is 13.7. The Balaban J connectivity index is 1.89. The van der Waals surface area contributed by atoms with E-state index in [-0.39, 0.29) is 18.1 Å². The van der Waals surface area contributed by atoms with Crippen molar-refractivity contribution >= 4 is 11.7 Å². The number of aromatic nitrogens is 2. The van der Waals surface area contributed by atoms with E-state index in [4.69, 9.17) is 9.47 Å². The summed E-state index contributed by atoms with van der Waals surface area (Å²) in [6, 6.07) is 1.43. The minimum Gasteiger partial charge on any atom is -0.383 e. The van der Waals surface area contributed by atoms with Crippen molar-refractivity contribution in [3.05, 3.63) is 12.3 Å².